The topological polar surface area (TPSA) is 12.9 Å². The predicted molar refractivity (Wildman–Crippen MR) is 55.1 cm³/mol. The molecule has 2 heteroatoms. The van der Waals surface area contributed by atoms with Gasteiger partial charge in [-0.2, -0.15) is 0 Å². The van der Waals surface area contributed by atoms with Crippen LogP contribution >= 0.6 is 0 Å². The number of aromatic nitrogens is 1. The first-order valence-corrected chi connectivity index (χ1v) is 3.92. The van der Waals surface area contributed by atoms with Crippen molar-refractivity contribution in [3.8, 4) is 12.3 Å². The lowest BCUT2D eigenvalue weighted by Gasteiger charge is -1.98. The Labute approximate surface area is 78.2 Å². The van der Waals surface area contributed by atoms with E-state index in [0.29, 0.717) is 11.2 Å². The first-order chi connectivity index (χ1) is 6.29. The Morgan fingerprint density at radius 3 is 2.77 bits per heavy atom. The molecule has 0 aliphatic carbocycles. The normalized spacial score (nSPS) is 9.77. The van der Waals surface area contributed by atoms with E-state index in [1.54, 1.807) is 0 Å². The van der Waals surface area contributed by atoms with E-state index < -0.39 is 0 Å². The van der Waals surface area contributed by atoms with Crippen LogP contribution in [0.15, 0.2) is 30.3 Å². The number of nitrogens with zero attached hydrogens (tertiary/aromatic N) is 1. The zero-order valence-corrected chi connectivity index (χ0v) is 6.99. The van der Waals surface area contributed by atoms with Crippen molar-refractivity contribution in [1.82, 2.24) is 4.98 Å². The van der Waals surface area contributed by atoms with Crippen LogP contribution in [0.25, 0.3) is 10.9 Å². The Morgan fingerprint density at radius 1 is 1.23 bits per heavy atom. The molecule has 1 aromatic heterocycles. The van der Waals surface area contributed by atoms with Gasteiger partial charge < -0.3 is 0 Å². The molecule has 2 aromatic rings. The van der Waals surface area contributed by atoms with Crippen LogP contribution in [0.5, 0.6) is 0 Å². The molecule has 0 spiro atoms. The average Bonchev–Trinajstić information content (AvgIpc) is 2.16. The maximum Gasteiger partial charge on any atom is 0.113 e. The van der Waals surface area contributed by atoms with E-state index in [1.165, 1.54) is 0 Å². The largest absolute Gasteiger partial charge is 0.239 e. The monoisotopic (exact) mass is 163 g/mol. The highest BCUT2D eigenvalue weighted by atomic mass is 14.7. The summed E-state index contributed by atoms with van der Waals surface area (Å²) in [5, 5.41) is 1.05. The zero-order chi connectivity index (χ0) is 9.26. The van der Waals surface area contributed by atoms with E-state index in [-0.39, 0.29) is 0 Å². The van der Waals surface area contributed by atoms with Crippen molar-refractivity contribution in [2.45, 2.75) is 0 Å². The SMILES string of the molecule is [B]c1ccc2ccc(C#C)nc2c1. The van der Waals surface area contributed by atoms with Crippen molar-refractivity contribution >= 4 is 24.2 Å². The zero-order valence-electron chi connectivity index (χ0n) is 6.99. The van der Waals surface area contributed by atoms with Gasteiger partial charge in [-0.15, -0.1) is 6.42 Å². The maximum atomic E-state index is 5.62. The van der Waals surface area contributed by atoms with Crippen molar-refractivity contribution in [3.63, 3.8) is 0 Å². The van der Waals surface area contributed by atoms with E-state index in [2.05, 4.69) is 10.9 Å². The highest BCUT2D eigenvalue weighted by Gasteiger charge is 1.95. The lowest BCUT2D eigenvalue weighted by Crippen LogP contribution is -2.00. The van der Waals surface area contributed by atoms with Crippen molar-refractivity contribution in [3.05, 3.63) is 36.0 Å². The molecular weight excluding hydrogens is 157 g/mol. The quantitative estimate of drug-likeness (QED) is 0.417. The second-order valence-corrected chi connectivity index (χ2v) is 2.79. The summed E-state index contributed by atoms with van der Waals surface area (Å²) in [6, 6.07) is 9.35. The van der Waals surface area contributed by atoms with Gasteiger partial charge >= 0.3 is 0 Å². The lowest BCUT2D eigenvalue weighted by atomic mass is 9.95. The average molecular weight is 163 g/mol. The second kappa shape index (κ2) is 2.95. The fourth-order valence-electron chi connectivity index (χ4n) is 1.21. The molecule has 0 bridgehead atoms. The Balaban J connectivity index is 2.77. The van der Waals surface area contributed by atoms with Gasteiger partial charge in [-0.1, -0.05) is 29.6 Å². The van der Waals surface area contributed by atoms with Gasteiger partial charge in [-0.25, -0.2) is 4.98 Å². The molecule has 2 radical (unpaired) electrons. The highest BCUT2D eigenvalue weighted by Crippen LogP contribution is 2.09. The Kier molecular flexibility index (Phi) is 1.79. The summed E-state index contributed by atoms with van der Waals surface area (Å²) in [6.07, 6.45) is 5.24. The van der Waals surface area contributed by atoms with Crippen molar-refractivity contribution < 1.29 is 0 Å². The molecule has 0 N–H and O–H groups in total. The van der Waals surface area contributed by atoms with E-state index >= 15 is 0 Å². The lowest BCUT2D eigenvalue weighted by molar-refractivity contribution is 1.37. The predicted octanol–water partition coefficient (Wildman–Crippen LogP) is 1.01. The van der Waals surface area contributed by atoms with Crippen molar-refractivity contribution in [2.75, 3.05) is 0 Å². The van der Waals surface area contributed by atoms with E-state index in [0.717, 1.165) is 10.9 Å². The van der Waals surface area contributed by atoms with Crippen LogP contribution in [-0.4, -0.2) is 12.8 Å². The molecule has 1 aromatic carbocycles. The van der Waals surface area contributed by atoms with Crippen LogP contribution in [0.4, 0.5) is 0 Å². The number of fused-ring (bicyclic) bond motifs is 1. The molecule has 0 unspecified atom stereocenters. The number of hydrogen-bond acceptors (Lipinski definition) is 1. The Hall–Kier alpha value is -1.75. The summed E-state index contributed by atoms with van der Waals surface area (Å²) in [5.41, 5.74) is 2.18. The van der Waals surface area contributed by atoms with Crippen molar-refractivity contribution in [2.24, 2.45) is 0 Å². The first-order valence-electron chi connectivity index (χ1n) is 3.92. The number of terminal acetylenes is 1. The van der Waals surface area contributed by atoms with E-state index in [4.69, 9.17) is 14.3 Å². The minimum absolute atomic E-state index is 0.637. The molecule has 2 rings (SSSR count). The third-order valence-electron chi connectivity index (χ3n) is 1.86. The summed E-state index contributed by atoms with van der Waals surface area (Å²) < 4.78 is 0. The molecule has 0 saturated heterocycles. The first kappa shape index (κ1) is 7.88. The Morgan fingerprint density at radius 2 is 2.00 bits per heavy atom. The van der Waals surface area contributed by atoms with Gasteiger partial charge in [0, 0.05) is 5.39 Å². The third-order valence-corrected chi connectivity index (χ3v) is 1.86. The minimum atomic E-state index is 0.637. The third kappa shape index (κ3) is 1.41. The summed E-state index contributed by atoms with van der Waals surface area (Å²) in [7, 11) is 5.62. The van der Waals surface area contributed by atoms with Crippen LogP contribution in [0.3, 0.4) is 0 Å². The smallest absolute Gasteiger partial charge is 0.113 e. The molecule has 13 heavy (non-hydrogen) atoms. The maximum absolute atomic E-state index is 5.62. The van der Waals surface area contributed by atoms with Crippen LogP contribution in [0.2, 0.25) is 0 Å². The van der Waals surface area contributed by atoms with Crippen LogP contribution in [0.1, 0.15) is 5.69 Å². The van der Waals surface area contributed by atoms with Gasteiger partial charge in [0.05, 0.1) is 5.52 Å². The molecular formula is C11H6BN. The van der Waals surface area contributed by atoms with Gasteiger partial charge in [-0.05, 0) is 12.1 Å². The molecule has 0 fully saturated rings. The Bertz CT molecular complexity index is 497. The summed E-state index contributed by atoms with van der Waals surface area (Å²) in [4.78, 5) is 4.24. The minimum Gasteiger partial charge on any atom is -0.239 e. The highest BCUT2D eigenvalue weighted by molar-refractivity contribution is 6.33. The van der Waals surface area contributed by atoms with Crippen LogP contribution in [0, 0.1) is 12.3 Å². The summed E-state index contributed by atoms with van der Waals surface area (Å²) in [5.74, 6) is 2.49. The molecule has 1 nitrogen and oxygen atoms in total. The molecule has 0 saturated carbocycles. The standard InChI is InChI=1S/C11H6BN/c1-2-10-6-4-8-3-5-9(12)7-11(8)13-10/h1,3-7H. The van der Waals surface area contributed by atoms with Gasteiger partial charge in [0.1, 0.15) is 13.5 Å². The molecule has 1 heterocycles. The number of benzene rings is 1. The number of pyridine rings is 1. The summed E-state index contributed by atoms with van der Waals surface area (Å²) >= 11 is 0. The summed E-state index contributed by atoms with van der Waals surface area (Å²) in [6.45, 7) is 0. The molecule has 58 valence electrons. The second-order valence-electron chi connectivity index (χ2n) is 2.79. The molecule has 0 atom stereocenters. The van der Waals surface area contributed by atoms with Crippen LogP contribution < -0.4 is 5.46 Å². The van der Waals surface area contributed by atoms with Gasteiger partial charge in [-0.3, -0.25) is 0 Å². The number of rotatable bonds is 0. The van der Waals surface area contributed by atoms with E-state index in [1.807, 2.05) is 30.3 Å². The molecule has 0 aliphatic rings. The van der Waals surface area contributed by atoms with Gasteiger partial charge in [0.2, 0.25) is 0 Å². The molecule has 0 amide bonds. The van der Waals surface area contributed by atoms with Crippen LogP contribution in [-0.2, 0) is 0 Å². The van der Waals surface area contributed by atoms with E-state index in [9.17, 15) is 0 Å². The van der Waals surface area contributed by atoms with Gasteiger partial charge in [0.15, 0.2) is 0 Å². The fourth-order valence-corrected chi connectivity index (χ4v) is 1.21. The van der Waals surface area contributed by atoms with Crippen molar-refractivity contribution in [1.29, 1.82) is 0 Å². The van der Waals surface area contributed by atoms with Gasteiger partial charge in [0.25, 0.3) is 0 Å². The molecule has 0 aliphatic heterocycles. The number of hydrogen-bond donors (Lipinski definition) is 0. The fraction of sp³-hybridized carbons (Fsp3) is 0.